The van der Waals surface area contributed by atoms with Crippen LogP contribution in [0.4, 0.5) is 0 Å². The van der Waals surface area contributed by atoms with Crippen LogP contribution in [0.15, 0.2) is 24.2 Å². The third-order valence-electron chi connectivity index (χ3n) is 2.54. The lowest BCUT2D eigenvalue weighted by molar-refractivity contribution is 0.358. The summed E-state index contributed by atoms with van der Waals surface area (Å²) in [5.74, 6) is 0. The van der Waals surface area contributed by atoms with Crippen molar-refractivity contribution < 1.29 is 0 Å². The Labute approximate surface area is 79.5 Å². The highest BCUT2D eigenvalue weighted by Crippen LogP contribution is 2.12. The Hall–Kier alpha value is -0.960. The molecule has 0 unspecified atom stereocenters. The first-order valence-corrected chi connectivity index (χ1v) is 5.02. The molecule has 3 nitrogen and oxygen atoms in total. The number of nitrogens with zero attached hydrogens (tertiary/aromatic N) is 1. The van der Waals surface area contributed by atoms with Crippen molar-refractivity contribution >= 4 is 0 Å². The molecule has 2 aliphatic heterocycles. The lowest BCUT2D eigenvalue weighted by Crippen LogP contribution is -2.29. The van der Waals surface area contributed by atoms with Crippen molar-refractivity contribution in [3.8, 4) is 0 Å². The molecule has 0 atom stereocenters. The van der Waals surface area contributed by atoms with Crippen LogP contribution in [0.5, 0.6) is 0 Å². The quantitative estimate of drug-likeness (QED) is 0.618. The maximum atomic E-state index is 3.41. The SMILES string of the molecule is C1=CNC=C(N2CCCNCC2)C1. The first-order valence-electron chi connectivity index (χ1n) is 5.02. The molecule has 0 aromatic heterocycles. The van der Waals surface area contributed by atoms with Gasteiger partial charge in [-0.2, -0.15) is 0 Å². The van der Waals surface area contributed by atoms with Crippen LogP contribution in [0.3, 0.4) is 0 Å². The van der Waals surface area contributed by atoms with Gasteiger partial charge in [-0.25, -0.2) is 0 Å². The fourth-order valence-corrected chi connectivity index (χ4v) is 1.80. The largest absolute Gasteiger partial charge is 0.372 e. The average molecular weight is 179 g/mol. The lowest BCUT2D eigenvalue weighted by Gasteiger charge is -2.26. The van der Waals surface area contributed by atoms with Crippen molar-refractivity contribution in [2.24, 2.45) is 0 Å². The van der Waals surface area contributed by atoms with E-state index in [0.717, 1.165) is 26.1 Å². The molecule has 72 valence electrons. The van der Waals surface area contributed by atoms with Crippen molar-refractivity contribution in [2.45, 2.75) is 12.8 Å². The Balaban J connectivity index is 1.93. The van der Waals surface area contributed by atoms with Gasteiger partial charge in [-0.05, 0) is 19.2 Å². The summed E-state index contributed by atoms with van der Waals surface area (Å²) in [5.41, 5.74) is 1.42. The summed E-state index contributed by atoms with van der Waals surface area (Å²) >= 11 is 0. The zero-order valence-corrected chi connectivity index (χ0v) is 7.92. The Bertz CT molecular complexity index is 212. The van der Waals surface area contributed by atoms with Crippen molar-refractivity contribution in [2.75, 3.05) is 26.2 Å². The van der Waals surface area contributed by atoms with E-state index < -0.39 is 0 Å². The van der Waals surface area contributed by atoms with Crippen molar-refractivity contribution in [1.82, 2.24) is 15.5 Å². The molecule has 2 rings (SSSR count). The predicted octanol–water partition coefficient (Wildman–Crippen LogP) is 0.630. The van der Waals surface area contributed by atoms with E-state index in [1.165, 1.54) is 18.7 Å². The Kier molecular flexibility index (Phi) is 2.87. The van der Waals surface area contributed by atoms with E-state index in [9.17, 15) is 0 Å². The van der Waals surface area contributed by atoms with Crippen LogP contribution in [-0.4, -0.2) is 31.1 Å². The van der Waals surface area contributed by atoms with Gasteiger partial charge in [-0.15, -0.1) is 0 Å². The van der Waals surface area contributed by atoms with Gasteiger partial charge in [-0.1, -0.05) is 6.08 Å². The zero-order valence-electron chi connectivity index (χ0n) is 7.92. The second kappa shape index (κ2) is 4.33. The van der Waals surface area contributed by atoms with Crippen molar-refractivity contribution in [1.29, 1.82) is 0 Å². The number of nitrogens with one attached hydrogen (secondary N) is 2. The number of rotatable bonds is 1. The molecular weight excluding hydrogens is 162 g/mol. The Morgan fingerprint density at radius 3 is 3.08 bits per heavy atom. The van der Waals surface area contributed by atoms with Crippen LogP contribution in [0.2, 0.25) is 0 Å². The molecular formula is C10H17N3. The van der Waals surface area contributed by atoms with Crippen LogP contribution in [0.1, 0.15) is 12.8 Å². The molecule has 0 aromatic carbocycles. The normalized spacial score (nSPS) is 23.4. The minimum absolute atomic E-state index is 1.08. The van der Waals surface area contributed by atoms with E-state index in [1.807, 2.05) is 6.20 Å². The van der Waals surface area contributed by atoms with Gasteiger partial charge in [0, 0.05) is 38.0 Å². The predicted molar refractivity (Wildman–Crippen MR) is 54.0 cm³/mol. The molecule has 3 heteroatoms. The fourth-order valence-electron chi connectivity index (χ4n) is 1.80. The first kappa shape index (κ1) is 8.63. The molecule has 1 saturated heterocycles. The summed E-state index contributed by atoms with van der Waals surface area (Å²) in [6.45, 7) is 4.60. The average Bonchev–Trinajstić information content (AvgIpc) is 2.47. The summed E-state index contributed by atoms with van der Waals surface area (Å²) in [4.78, 5) is 2.47. The van der Waals surface area contributed by atoms with Crippen molar-refractivity contribution in [3.05, 3.63) is 24.2 Å². The van der Waals surface area contributed by atoms with E-state index in [4.69, 9.17) is 0 Å². The van der Waals surface area contributed by atoms with E-state index in [1.54, 1.807) is 0 Å². The van der Waals surface area contributed by atoms with Gasteiger partial charge >= 0.3 is 0 Å². The van der Waals surface area contributed by atoms with E-state index in [0.29, 0.717) is 0 Å². The Morgan fingerprint density at radius 2 is 2.23 bits per heavy atom. The van der Waals surface area contributed by atoms with Crippen LogP contribution >= 0.6 is 0 Å². The molecule has 0 amide bonds. The molecule has 1 fully saturated rings. The van der Waals surface area contributed by atoms with E-state index >= 15 is 0 Å². The van der Waals surface area contributed by atoms with E-state index in [-0.39, 0.29) is 0 Å². The molecule has 0 spiro atoms. The minimum Gasteiger partial charge on any atom is -0.372 e. The molecule has 0 aromatic rings. The maximum Gasteiger partial charge on any atom is 0.0335 e. The molecule has 0 saturated carbocycles. The zero-order chi connectivity index (χ0) is 8.93. The van der Waals surface area contributed by atoms with Crippen LogP contribution < -0.4 is 10.6 Å². The monoisotopic (exact) mass is 179 g/mol. The number of allylic oxidation sites excluding steroid dienone is 1. The smallest absolute Gasteiger partial charge is 0.0335 e. The molecule has 2 aliphatic rings. The third-order valence-corrected chi connectivity index (χ3v) is 2.54. The first-order chi connectivity index (χ1) is 6.47. The minimum atomic E-state index is 1.08. The third kappa shape index (κ3) is 2.25. The number of hydrogen-bond acceptors (Lipinski definition) is 3. The van der Waals surface area contributed by atoms with Crippen LogP contribution in [0.25, 0.3) is 0 Å². The Morgan fingerprint density at radius 1 is 1.23 bits per heavy atom. The number of hydrogen-bond donors (Lipinski definition) is 2. The summed E-state index contributed by atoms with van der Waals surface area (Å²) in [6.07, 6.45) is 8.62. The molecule has 0 radical (unpaired) electrons. The van der Waals surface area contributed by atoms with Gasteiger partial charge in [0.1, 0.15) is 0 Å². The molecule has 0 bridgehead atoms. The highest BCUT2D eigenvalue weighted by Gasteiger charge is 2.11. The second-order valence-corrected chi connectivity index (χ2v) is 3.50. The van der Waals surface area contributed by atoms with Crippen molar-refractivity contribution in [3.63, 3.8) is 0 Å². The molecule has 0 aliphatic carbocycles. The van der Waals surface area contributed by atoms with Gasteiger partial charge in [0.25, 0.3) is 0 Å². The highest BCUT2D eigenvalue weighted by molar-refractivity contribution is 5.11. The highest BCUT2D eigenvalue weighted by atomic mass is 15.2. The molecule has 13 heavy (non-hydrogen) atoms. The molecule has 2 N–H and O–H groups in total. The second-order valence-electron chi connectivity index (χ2n) is 3.50. The van der Waals surface area contributed by atoms with Gasteiger partial charge in [-0.3, -0.25) is 0 Å². The van der Waals surface area contributed by atoms with Crippen LogP contribution in [0, 0.1) is 0 Å². The van der Waals surface area contributed by atoms with E-state index in [2.05, 4.69) is 27.8 Å². The lowest BCUT2D eigenvalue weighted by atomic mass is 10.2. The van der Waals surface area contributed by atoms with Gasteiger partial charge in [0.05, 0.1) is 0 Å². The van der Waals surface area contributed by atoms with Gasteiger partial charge < -0.3 is 15.5 Å². The summed E-state index contributed by atoms with van der Waals surface area (Å²) in [5, 5.41) is 6.56. The topological polar surface area (TPSA) is 27.3 Å². The maximum absolute atomic E-state index is 3.41. The summed E-state index contributed by atoms with van der Waals surface area (Å²) in [7, 11) is 0. The van der Waals surface area contributed by atoms with Crippen LogP contribution in [-0.2, 0) is 0 Å². The number of dihydropyridines is 1. The fraction of sp³-hybridized carbons (Fsp3) is 0.600. The summed E-state index contributed by atoms with van der Waals surface area (Å²) in [6, 6.07) is 0. The summed E-state index contributed by atoms with van der Waals surface area (Å²) < 4.78 is 0. The van der Waals surface area contributed by atoms with Gasteiger partial charge in [0.15, 0.2) is 0 Å². The van der Waals surface area contributed by atoms with Gasteiger partial charge in [0.2, 0.25) is 0 Å². The molecule has 2 heterocycles. The standard InChI is InChI=1S/C10H17N3/c1-3-10(9-12-4-1)13-7-2-5-11-6-8-13/h1,4,9,11-12H,2-3,5-8H2.